The summed E-state index contributed by atoms with van der Waals surface area (Å²) >= 11 is 0. The van der Waals surface area contributed by atoms with Crippen molar-refractivity contribution in [3.8, 4) is 11.1 Å². The van der Waals surface area contributed by atoms with Gasteiger partial charge in [0.05, 0.1) is 18.2 Å². The van der Waals surface area contributed by atoms with Crippen LogP contribution in [-0.2, 0) is 6.42 Å². The van der Waals surface area contributed by atoms with E-state index in [1.165, 1.54) is 24.3 Å². The van der Waals surface area contributed by atoms with Crippen LogP contribution in [0.3, 0.4) is 0 Å². The van der Waals surface area contributed by atoms with E-state index in [0.29, 0.717) is 24.2 Å². The summed E-state index contributed by atoms with van der Waals surface area (Å²) in [5.41, 5.74) is 10.4. The lowest BCUT2D eigenvalue weighted by Gasteiger charge is -2.22. The van der Waals surface area contributed by atoms with E-state index in [1.807, 2.05) is 30.3 Å². The number of rotatable bonds is 5. The first kappa shape index (κ1) is 21.8. The smallest absolute Gasteiger partial charge is 0.391 e. The van der Waals surface area contributed by atoms with Gasteiger partial charge in [-0.2, -0.15) is 13.2 Å². The summed E-state index contributed by atoms with van der Waals surface area (Å²) in [4.78, 5) is 10.7. The maximum atomic E-state index is 12.5. The molecule has 5 nitrogen and oxygen atoms in total. The molecular formula is C24H23F3N4O. The molecule has 166 valence electrons. The first-order valence-electron chi connectivity index (χ1n) is 10.3. The molecule has 1 atom stereocenters. The molecule has 2 aromatic carbocycles. The Labute approximate surface area is 184 Å². The average Bonchev–Trinajstić information content (AvgIpc) is 3.20. The van der Waals surface area contributed by atoms with Gasteiger partial charge in [0.25, 0.3) is 0 Å². The van der Waals surface area contributed by atoms with Crippen LogP contribution in [0.4, 0.5) is 24.5 Å². The van der Waals surface area contributed by atoms with Crippen molar-refractivity contribution in [1.29, 1.82) is 0 Å². The molecule has 0 saturated carbocycles. The number of amidine groups is 1. The lowest BCUT2D eigenvalue weighted by molar-refractivity contribution is -0.127. The largest absolute Gasteiger partial charge is 0.393 e. The van der Waals surface area contributed by atoms with Crippen molar-refractivity contribution in [3.05, 3.63) is 78.1 Å². The van der Waals surface area contributed by atoms with Crippen LogP contribution in [0, 0.1) is 0 Å². The van der Waals surface area contributed by atoms with Gasteiger partial charge in [-0.1, -0.05) is 18.2 Å². The Kier molecular flexibility index (Phi) is 6.14. The molecule has 0 radical (unpaired) electrons. The SMILES string of the molecule is NC(=Nc1ccc(CC(F)(F)F)cc1)c1ccc(N2CC[C@@H](O)C2)c(-c2cccnc2)c1. The van der Waals surface area contributed by atoms with Crippen LogP contribution in [0.2, 0.25) is 0 Å². The van der Waals surface area contributed by atoms with Gasteiger partial charge in [0, 0.05) is 47.9 Å². The van der Waals surface area contributed by atoms with Crippen molar-refractivity contribution in [2.75, 3.05) is 18.0 Å². The predicted molar refractivity (Wildman–Crippen MR) is 119 cm³/mol. The number of halogens is 3. The monoisotopic (exact) mass is 440 g/mol. The van der Waals surface area contributed by atoms with Crippen LogP contribution in [0.5, 0.6) is 0 Å². The van der Waals surface area contributed by atoms with Crippen molar-refractivity contribution in [2.24, 2.45) is 10.7 Å². The molecule has 8 heteroatoms. The molecule has 2 heterocycles. The second-order valence-corrected chi connectivity index (χ2v) is 7.82. The maximum absolute atomic E-state index is 12.5. The van der Waals surface area contributed by atoms with Crippen molar-refractivity contribution in [1.82, 2.24) is 4.98 Å². The average molecular weight is 440 g/mol. The minimum atomic E-state index is -4.25. The van der Waals surface area contributed by atoms with Gasteiger partial charge in [-0.25, -0.2) is 4.99 Å². The number of β-amino-alcohol motifs (C(OH)–C–C–N with tert-alkyl or cyclic N) is 1. The molecule has 1 aliphatic rings. The van der Waals surface area contributed by atoms with E-state index in [2.05, 4.69) is 14.9 Å². The second kappa shape index (κ2) is 9.00. The van der Waals surface area contributed by atoms with Gasteiger partial charge in [-0.3, -0.25) is 4.98 Å². The number of nitrogens with zero attached hydrogens (tertiary/aromatic N) is 3. The van der Waals surface area contributed by atoms with E-state index in [4.69, 9.17) is 5.73 Å². The van der Waals surface area contributed by atoms with Crippen LogP contribution < -0.4 is 10.6 Å². The standard InChI is InChI=1S/C24H23F3N4O/c25-24(26,27)13-16-3-6-19(7-4-16)30-23(28)17-5-8-22(31-11-9-20(32)15-31)21(12-17)18-2-1-10-29-14-18/h1-8,10,12,14,20,32H,9,11,13,15H2,(H2,28,30)/t20-/m1/s1. The molecule has 0 unspecified atom stereocenters. The molecule has 1 fully saturated rings. The maximum Gasteiger partial charge on any atom is 0.393 e. The number of aromatic nitrogens is 1. The highest BCUT2D eigenvalue weighted by atomic mass is 19.4. The summed E-state index contributed by atoms with van der Waals surface area (Å²) in [6.07, 6.45) is -1.41. The third-order valence-corrected chi connectivity index (χ3v) is 5.36. The van der Waals surface area contributed by atoms with Crippen LogP contribution in [0.1, 0.15) is 17.5 Å². The molecule has 3 N–H and O–H groups in total. The number of aliphatic hydroxyl groups is 1. The van der Waals surface area contributed by atoms with Crippen LogP contribution in [0.15, 0.2) is 72.0 Å². The van der Waals surface area contributed by atoms with Gasteiger partial charge < -0.3 is 15.7 Å². The molecule has 0 bridgehead atoms. The van der Waals surface area contributed by atoms with Gasteiger partial charge in [0.15, 0.2) is 0 Å². The minimum Gasteiger partial charge on any atom is -0.391 e. The first-order chi connectivity index (χ1) is 15.3. The zero-order chi connectivity index (χ0) is 22.7. The second-order valence-electron chi connectivity index (χ2n) is 7.82. The highest BCUT2D eigenvalue weighted by Gasteiger charge is 2.27. The summed E-state index contributed by atoms with van der Waals surface area (Å²) in [5, 5.41) is 9.96. The lowest BCUT2D eigenvalue weighted by atomic mass is 10.0. The summed E-state index contributed by atoms with van der Waals surface area (Å²) in [6, 6.07) is 15.4. The third kappa shape index (κ3) is 5.26. The summed E-state index contributed by atoms with van der Waals surface area (Å²) < 4.78 is 37.6. The Balaban J connectivity index is 1.64. The van der Waals surface area contributed by atoms with E-state index in [9.17, 15) is 18.3 Å². The van der Waals surface area contributed by atoms with E-state index in [1.54, 1.807) is 12.4 Å². The fourth-order valence-electron chi connectivity index (χ4n) is 3.81. The van der Waals surface area contributed by atoms with Gasteiger partial charge in [-0.05, 0) is 48.4 Å². The minimum absolute atomic E-state index is 0.172. The quantitative estimate of drug-likeness (QED) is 0.454. The van der Waals surface area contributed by atoms with E-state index >= 15 is 0 Å². The Morgan fingerprint density at radius 3 is 2.56 bits per heavy atom. The van der Waals surface area contributed by atoms with Gasteiger partial charge in [-0.15, -0.1) is 0 Å². The van der Waals surface area contributed by atoms with Crippen LogP contribution in [-0.4, -0.2) is 41.3 Å². The Hall–Kier alpha value is -3.39. The number of pyridine rings is 1. The van der Waals surface area contributed by atoms with E-state index in [-0.39, 0.29) is 17.5 Å². The molecule has 1 saturated heterocycles. The van der Waals surface area contributed by atoms with Crippen molar-refractivity contribution < 1.29 is 18.3 Å². The number of aliphatic imine (C=N–C) groups is 1. The number of hydrogen-bond donors (Lipinski definition) is 2. The summed E-state index contributed by atoms with van der Waals surface area (Å²) in [6.45, 7) is 1.31. The number of nitrogens with two attached hydrogens (primary N) is 1. The zero-order valence-corrected chi connectivity index (χ0v) is 17.3. The fourth-order valence-corrected chi connectivity index (χ4v) is 3.81. The first-order valence-corrected chi connectivity index (χ1v) is 10.3. The molecule has 1 aliphatic heterocycles. The van der Waals surface area contributed by atoms with Crippen molar-refractivity contribution in [2.45, 2.75) is 25.1 Å². The number of alkyl halides is 3. The molecule has 0 amide bonds. The number of hydrogen-bond acceptors (Lipinski definition) is 4. The molecule has 0 spiro atoms. The van der Waals surface area contributed by atoms with E-state index in [0.717, 1.165) is 23.4 Å². The molecule has 0 aliphatic carbocycles. The van der Waals surface area contributed by atoms with Crippen LogP contribution in [0.25, 0.3) is 11.1 Å². The number of anilines is 1. The third-order valence-electron chi connectivity index (χ3n) is 5.36. The van der Waals surface area contributed by atoms with Crippen molar-refractivity contribution in [3.63, 3.8) is 0 Å². The Morgan fingerprint density at radius 1 is 1.16 bits per heavy atom. The highest BCUT2D eigenvalue weighted by molar-refractivity contribution is 6.01. The van der Waals surface area contributed by atoms with Gasteiger partial charge >= 0.3 is 6.18 Å². The summed E-state index contributed by atoms with van der Waals surface area (Å²) in [5.74, 6) is 0.256. The Morgan fingerprint density at radius 2 is 1.94 bits per heavy atom. The molecule has 4 rings (SSSR count). The number of benzene rings is 2. The fraction of sp³-hybridized carbons (Fsp3) is 0.250. The molecule has 1 aromatic heterocycles. The van der Waals surface area contributed by atoms with E-state index < -0.39 is 12.6 Å². The highest BCUT2D eigenvalue weighted by Crippen LogP contribution is 2.34. The normalized spacial score (nSPS) is 17.1. The predicted octanol–water partition coefficient (Wildman–Crippen LogP) is 4.46. The zero-order valence-electron chi connectivity index (χ0n) is 17.3. The topological polar surface area (TPSA) is 74.7 Å². The van der Waals surface area contributed by atoms with Gasteiger partial charge in [0.2, 0.25) is 0 Å². The van der Waals surface area contributed by atoms with Crippen molar-refractivity contribution >= 4 is 17.2 Å². The lowest BCUT2D eigenvalue weighted by Crippen LogP contribution is -2.22. The van der Waals surface area contributed by atoms with Crippen LogP contribution >= 0.6 is 0 Å². The molecule has 3 aromatic rings. The Bertz CT molecular complexity index is 1100. The van der Waals surface area contributed by atoms with Gasteiger partial charge in [0.1, 0.15) is 5.84 Å². The molecule has 32 heavy (non-hydrogen) atoms. The summed E-state index contributed by atoms with van der Waals surface area (Å²) in [7, 11) is 0. The molecular weight excluding hydrogens is 417 g/mol. The number of aliphatic hydroxyl groups excluding tert-OH is 1.